The Morgan fingerprint density at radius 1 is 1.00 bits per heavy atom. The van der Waals surface area contributed by atoms with Crippen LogP contribution in [0, 0.1) is 0 Å². The van der Waals surface area contributed by atoms with E-state index in [1.807, 2.05) is 0 Å². The van der Waals surface area contributed by atoms with E-state index in [2.05, 4.69) is 14.6 Å². The number of ether oxygens (including phenoxy) is 1. The zero-order valence-electron chi connectivity index (χ0n) is 3.80. The second-order valence-corrected chi connectivity index (χ2v) is 0.756. The van der Waals surface area contributed by atoms with Gasteiger partial charge in [-0.1, -0.05) is 0 Å². The van der Waals surface area contributed by atoms with Gasteiger partial charge in [0.2, 0.25) is 0 Å². The molecule has 0 radical (unpaired) electrons. The average Bonchev–Trinajstić information content (AvgIpc) is 1.87. The smallest absolute Gasteiger partial charge is 0.323 e. The summed E-state index contributed by atoms with van der Waals surface area (Å²) in [6.45, 7) is 0. The minimum Gasteiger partial charge on any atom is -0.323 e. The van der Waals surface area contributed by atoms with Crippen molar-refractivity contribution in [2.75, 3.05) is 0 Å². The van der Waals surface area contributed by atoms with Gasteiger partial charge in [0.15, 0.2) is 0 Å². The number of rotatable bonds is 0. The van der Waals surface area contributed by atoms with Crippen molar-refractivity contribution in [1.82, 2.24) is 0 Å². The molecule has 0 spiro atoms. The maximum absolute atomic E-state index is 10.6. The van der Waals surface area contributed by atoms with Crippen LogP contribution in [0.3, 0.4) is 0 Å². The van der Waals surface area contributed by atoms with Gasteiger partial charge in [0.25, 0.3) is 0 Å². The molecule has 0 aromatic heterocycles. The molecule has 0 aromatic carbocycles. The highest BCUT2D eigenvalue weighted by Gasteiger charge is 2.13. The quantitative estimate of drug-likeness (QED) is 0.373. The molecule has 0 saturated heterocycles. The first-order valence-corrected chi connectivity index (χ1v) is 1.53. The summed E-state index contributed by atoms with van der Waals surface area (Å²) in [6.07, 6.45) is -3.98. The van der Waals surface area contributed by atoms with Gasteiger partial charge in [-0.3, -0.25) is 0 Å². The summed E-state index contributed by atoms with van der Waals surface area (Å²) >= 11 is 0. The van der Waals surface area contributed by atoms with Crippen molar-refractivity contribution in [2.45, 2.75) is 0 Å². The Bertz CT molecular complexity index is 108. The highest BCUT2D eigenvalue weighted by atomic mass is 19.3. The minimum atomic E-state index is -1.99. The fourth-order valence-electron chi connectivity index (χ4n) is 0.0995. The Hall–Kier alpha value is -1.40. The average molecular weight is 142 g/mol. The molecule has 0 bridgehead atoms. The predicted octanol–water partition coefficient (Wildman–Crippen LogP) is 1.05. The van der Waals surface area contributed by atoms with Crippen molar-refractivity contribution in [3.8, 4) is 0 Å². The van der Waals surface area contributed by atoms with Gasteiger partial charge < -0.3 is 4.74 Å². The lowest BCUT2D eigenvalue weighted by Gasteiger charge is -1.89. The molecule has 9 heavy (non-hydrogen) atoms. The standard InChI is InChI=1S/C2F2O5/c3-8-1(5)7-2(6)9-4. The highest BCUT2D eigenvalue weighted by Crippen LogP contribution is 1.89. The first-order valence-electron chi connectivity index (χ1n) is 1.53. The van der Waals surface area contributed by atoms with Crippen molar-refractivity contribution in [2.24, 2.45) is 0 Å². The molecule has 0 fully saturated rings. The Morgan fingerprint density at radius 3 is 1.56 bits per heavy atom. The van der Waals surface area contributed by atoms with E-state index in [1.54, 1.807) is 0 Å². The van der Waals surface area contributed by atoms with E-state index in [9.17, 15) is 18.6 Å². The van der Waals surface area contributed by atoms with Crippen LogP contribution in [0.15, 0.2) is 0 Å². The van der Waals surface area contributed by atoms with Crippen LogP contribution < -0.4 is 0 Å². The van der Waals surface area contributed by atoms with Crippen molar-refractivity contribution < 1.29 is 33.3 Å². The Morgan fingerprint density at radius 2 is 1.33 bits per heavy atom. The van der Waals surface area contributed by atoms with Crippen molar-refractivity contribution in [1.29, 1.82) is 0 Å². The molecule has 0 amide bonds. The van der Waals surface area contributed by atoms with Gasteiger partial charge in [0.05, 0.1) is 0 Å². The first kappa shape index (κ1) is 7.60. The normalized spacial score (nSPS) is 7.78. The van der Waals surface area contributed by atoms with Crippen molar-refractivity contribution in [3.63, 3.8) is 0 Å². The molecule has 0 aliphatic rings. The molecule has 0 atom stereocenters. The molecule has 0 heterocycles. The van der Waals surface area contributed by atoms with E-state index in [0.29, 0.717) is 0 Å². The van der Waals surface area contributed by atoms with Gasteiger partial charge in [0, 0.05) is 9.05 Å². The summed E-state index contributed by atoms with van der Waals surface area (Å²) in [5, 5.41) is 0. The van der Waals surface area contributed by atoms with Gasteiger partial charge in [-0.05, 0) is 0 Å². The molecule has 0 aliphatic heterocycles. The van der Waals surface area contributed by atoms with Crippen LogP contribution in [0.1, 0.15) is 0 Å². The third kappa shape index (κ3) is 3.21. The molecule has 5 nitrogen and oxygen atoms in total. The SMILES string of the molecule is O=C(OF)OC(=O)OF. The van der Waals surface area contributed by atoms with Crippen LogP contribution in [0.25, 0.3) is 0 Å². The fourth-order valence-corrected chi connectivity index (χ4v) is 0.0995. The maximum Gasteiger partial charge on any atom is 0.555 e. The summed E-state index contributed by atoms with van der Waals surface area (Å²) in [4.78, 5) is 23.6. The monoisotopic (exact) mass is 142 g/mol. The number of hydrogen-bond donors (Lipinski definition) is 0. The van der Waals surface area contributed by atoms with Crippen LogP contribution in [0.4, 0.5) is 18.6 Å². The van der Waals surface area contributed by atoms with Crippen molar-refractivity contribution in [3.05, 3.63) is 0 Å². The number of carbonyl (C=O) groups is 2. The second-order valence-electron chi connectivity index (χ2n) is 0.756. The number of halogens is 2. The zero-order valence-corrected chi connectivity index (χ0v) is 3.80. The molecule has 52 valence electrons. The van der Waals surface area contributed by atoms with Crippen LogP contribution in [-0.2, 0) is 14.6 Å². The largest absolute Gasteiger partial charge is 0.555 e. The lowest BCUT2D eigenvalue weighted by Crippen LogP contribution is -2.08. The van der Waals surface area contributed by atoms with E-state index in [1.165, 1.54) is 0 Å². The Labute approximate surface area is 46.9 Å². The van der Waals surface area contributed by atoms with Gasteiger partial charge in [-0.2, -0.15) is 9.59 Å². The van der Waals surface area contributed by atoms with E-state index >= 15 is 0 Å². The van der Waals surface area contributed by atoms with Gasteiger partial charge >= 0.3 is 12.3 Å². The summed E-state index contributed by atoms with van der Waals surface area (Å²) in [5.41, 5.74) is 0. The number of carbonyl (C=O) groups excluding carboxylic acids is 2. The third-order valence-electron chi connectivity index (χ3n) is 0.293. The lowest BCUT2D eigenvalue weighted by molar-refractivity contribution is -0.124. The Balaban J connectivity index is 3.47. The summed E-state index contributed by atoms with van der Waals surface area (Å²) < 4.78 is 24.2. The van der Waals surface area contributed by atoms with E-state index < -0.39 is 12.3 Å². The first-order chi connectivity index (χ1) is 4.20. The molecule has 0 saturated carbocycles. The molecule has 7 heteroatoms. The van der Waals surface area contributed by atoms with Crippen LogP contribution in [0.2, 0.25) is 0 Å². The molecule has 0 N–H and O–H groups in total. The zero-order chi connectivity index (χ0) is 7.28. The molecule has 0 aliphatic carbocycles. The predicted molar refractivity (Wildman–Crippen MR) is 16.3 cm³/mol. The van der Waals surface area contributed by atoms with Crippen LogP contribution in [0.5, 0.6) is 0 Å². The topological polar surface area (TPSA) is 61.8 Å². The molecular weight excluding hydrogens is 142 g/mol. The highest BCUT2D eigenvalue weighted by molar-refractivity contribution is 5.76. The second kappa shape index (κ2) is 3.58. The van der Waals surface area contributed by atoms with Gasteiger partial charge in [-0.25, -0.2) is 9.88 Å². The number of hydrogen-bond acceptors (Lipinski definition) is 5. The molecular formula is C2F2O5. The lowest BCUT2D eigenvalue weighted by atomic mass is 11.3. The van der Waals surface area contributed by atoms with Gasteiger partial charge in [0.1, 0.15) is 0 Å². The van der Waals surface area contributed by atoms with Crippen LogP contribution in [-0.4, -0.2) is 12.3 Å². The summed E-state index contributed by atoms with van der Waals surface area (Å²) in [7, 11) is 0. The molecule has 0 aromatic rings. The summed E-state index contributed by atoms with van der Waals surface area (Å²) in [5.74, 6) is 0. The third-order valence-corrected chi connectivity index (χ3v) is 0.293. The Kier molecular flexibility index (Phi) is 3.03. The van der Waals surface area contributed by atoms with Gasteiger partial charge in [-0.15, -0.1) is 0 Å². The van der Waals surface area contributed by atoms with E-state index in [0.717, 1.165) is 0 Å². The van der Waals surface area contributed by atoms with E-state index in [4.69, 9.17) is 0 Å². The molecule has 0 rings (SSSR count). The minimum absolute atomic E-state index is 1.99. The fraction of sp³-hybridized carbons (Fsp3) is 0. The molecule has 0 unspecified atom stereocenters. The van der Waals surface area contributed by atoms with E-state index in [-0.39, 0.29) is 0 Å². The van der Waals surface area contributed by atoms with Crippen molar-refractivity contribution >= 4 is 12.3 Å². The van der Waals surface area contributed by atoms with Crippen LogP contribution >= 0.6 is 0 Å². The maximum atomic E-state index is 10.6. The summed E-state index contributed by atoms with van der Waals surface area (Å²) in [6, 6.07) is 0.